The van der Waals surface area contributed by atoms with Crippen LogP contribution >= 0.6 is 22.7 Å². The Bertz CT molecular complexity index is 2540. The van der Waals surface area contributed by atoms with Crippen molar-refractivity contribution in [1.82, 2.24) is 19.7 Å². The van der Waals surface area contributed by atoms with Crippen molar-refractivity contribution in [3.05, 3.63) is 168 Å². The second kappa shape index (κ2) is 12.6. The summed E-state index contributed by atoms with van der Waals surface area (Å²) in [6.07, 6.45) is 4.80. The zero-order chi connectivity index (χ0) is 34.3. The maximum atomic E-state index is 12.3. The Balaban J connectivity index is 1.42. The van der Waals surface area contributed by atoms with Crippen LogP contribution in [0.2, 0.25) is 0 Å². The van der Waals surface area contributed by atoms with Crippen molar-refractivity contribution >= 4 is 43.4 Å². The topological polar surface area (TPSA) is 102 Å². The van der Waals surface area contributed by atoms with E-state index in [-0.39, 0.29) is 4.21 Å². The van der Waals surface area contributed by atoms with Gasteiger partial charge in [0.1, 0.15) is 32.7 Å². The molecule has 8 rings (SSSR count). The quantitative estimate of drug-likeness (QED) is 0.146. The molecule has 0 saturated heterocycles. The second-order valence-electron chi connectivity index (χ2n) is 11.8. The van der Waals surface area contributed by atoms with Gasteiger partial charge in [-0.1, -0.05) is 97.1 Å². The predicted molar refractivity (Wildman–Crippen MR) is 200 cm³/mol. The molecule has 0 unspecified atom stereocenters. The maximum Gasteiger partial charge on any atom is 0.184 e. The van der Waals surface area contributed by atoms with Crippen molar-refractivity contribution < 1.29 is 8.42 Å². The van der Waals surface area contributed by atoms with E-state index in [4.69, 9.17) is 5.10 Å². The van der Waals surface area contributed by atoms with Gasteiger partial charge < -0.3 is 0 Å². The minimum absolute atomic E-state index is 0.282. The molecule has 4 aromatic heterocycles. The molecule has 242 valence electrons. The first-order chi connectivity index (χ1) is 24.4. The number of benzene rings is 4. The molecule has 50 heavy (non-hydrogen) atoms. The van der Waals surface area contributed by atoms with E-state index in [0.717, 1.165) is 54.2 Å². The highest BCUT2D eigenvalue weighted by Gasteiger charge is 2.40. The Kier molecular flexibility index (Phi) is 7.96. The van der Waals surface area contributed by atoms with Gasteiger partial charge in [0.05, 0.1) is 21.0 Å². The normalized spacial score (nSPS) is 11.8. The van der Waals surface area contributed by atoms with Crippen LogP contribution in [-0.4, -0.2) is 34.4 Å². The second-order valence-corrected chi connectivity index (χ2v) is 16.2. The highest BCUT2D eigenvalue weighted by molar-refractivity contribution is 7.92. The van der Waals surface area contributed by atoms with Crippen molar-refractivity contribution in [2.24, 2.45) is 0 Å². The molecule has 0 amide bonds. The predicted octanol–water partition coefficient (Wildman–Crippen LogP) is 9.07. The Morgan fingerprint density at radius 1 is 0.700 bits per heavy atom. The number of aromatic nitrogens is 4. The lowest BCUT2D eigenvalue weighted by Gasteiger charge is -2.36. The third-order valence-electron chi connectivity index (χ3n) is 8.71. The summed E-state index contributed by atoms with van der Waals surface area (Å²) in [7, 11) is -3.37. The summed E-state index contributed by atoms with van der Waals surface area (Å²) in [5, 5.41) is 16.0. The number of rotatable bonds is 8. The van der Waals surface area contributed by atoms with E-state index in [1.165, 1.54) is 35.3 Å². The van der Waals surface area contributed by atoms with Gasteiger partial charge in [-0.25, -0.2) is 18.4 Å². The summed E-state index contributed by atoms with van der Waals surface area (Å²) in [6.45, 7) is 0. The average molecular weight is 706 g/mol. The van der Waals surface area contributed by atoms with E-state index in [9.17, 15) is 13.7 Å². The summed E-state index contributed by atoms with van der Waals surface area (Å²) < 4.78 is 27.0. The monoisotopic (exact) mass is 705 g/mol. The van der Waals surface area contributed by atoms with Crippen LogP contribution in [0.25, 0.3) is 43.2 Å². The first-order valence-electron chi connectivity index (χ1n) is 15.7. The lowest BCUT2D eigenvalue weighted by molar-refractivity contribution is 0.461. The fraction of sp³-hybridized carbons (Fsp3) is 0.0500. The van der Waals surface area contributed by atoms with Gasteiger partial charge in [0, 0.05) is 23.4 Å². The Morgan fingerprint density at radius 3 is 1.86 bits per heavy atom. The average Bonchev–Trinajstić information content (AvgIpc) is 3.94. The molecule has 0 bridgehead atoms. The van der Waals surface area contributed by atoms with Crippen LogP contribution in [0.4, 0.5) is 0 Å². The molecule has 0 spiro atoms. The molecule has 0 aliphatic heterocycles. The number of fused-ring (bicyclic) bond motifs is 1. The lowest BCUT2D eigenvalue weighted by Crippen LogP contribution is -2.38. The summed E-state index contributed by atoms with van der Waals surface area (Å²) in [4.78, 5) is 11.3. The summed E-state index contributed by atoms with van der Waals surface area (Å²) in [5.74, 6) is 0. The maximum absolute atomic E-state index is 12.3. The van der Waals surface area contributed by atoms with Crippen LogP contribution < -0.4 is 0 Å². The zero-order valence-electron chi connectivity index (χ0n) is 26.6. The molecular formula is C40H27N5O2S3. The van der Waals surface area contributed by atoms with Crippen molar-refractivity contribution in [2.75, 3.05) is 6.26 Å². The first-order valence-corrected chi connectivity index (χ1v) is 19.2. The summed E-state index contributed by atoms with van der Waals surface area (Å²) >= 11 is 2.59. The van der Waals surface area contributed by atoms with Crippen LogP contribution in [0, 0.1) is 11.3 Å². The Morgan fingerprint density at radius 2 is 1.30 bits per heavy atom. The Labute approximate surface area is 297 Å². The van der Waals surface area contributed by atoms with Crippen molar-refractivity contribution in [1.29, 1.82) is 5.26 Å². The molecule has 10 heteroatoms. The highest BCUT2D eigenvalue weighted by atomic mass is 32.2. The van der Waals surface area contributed by atoms with Crippen molar-refractivity contribution in [3.63, 3.8) is 0 Å². The number of nitrogens with zero attached hydrogens (tertiary/aromatic N) is 5. The van der Waals surface area contributed by atoms with Gasteiger partial charge in [-0.15, -0.1) is 22.7 Å². The number of sulfone groups is 1. The molecule has 0 fully saturated rings. The zero-order valence-corrected chi connectivity index (χ0v) is 29.1. The Hall–Kier alpha value is -5.73. The third-order valence-corrected chi connectivity index (χ3v) is 12.6. The minimum atomic E-state index is -3.37. The fourth-order valence-electron chi connectivity index (χ4n) is 6.47. The van der Waals surface area contributed by atoms with Gasteiger partial charge in [-0.3, -0.25) is 4.68 Å². The third kappa shape index (κ3) is 5.42. The van der Waals surface area contributed by atoms with Crippen LogP contribution in [0.5, 0.6) is 0 Å². The molecule has 0 aliphatic rings. The molecule has 0 radical (unpaired) electrons. The van der Waals surface area contributed by atoms with Gasteiger partial charge in [-0.2, -0.15) is 10.4 Å². The van der Waals surface area contributed by atoms with E-state index < -0.39 is 15.4 Å². The summed E-state index contributed by atoms with van der Waals surface area (Å²) in [5.41, 5.74) is 6.13. The van der Waals surface area contributed by atoms with Crippen LogP contribution in [0.3, 0.4) is 0 Å². The smallest absolute Gasteiger partial charge is 0.184 e. The summed E-state index contributed by atoms with van der Waals surface area (Å²) in [6, 6.07) is 46.6. The van der Waals surface area contributed by atoms with Gasteiger partial charge in [0.25, 0.3) is 0 Å². The largest absolute Gasteiger partial charge is 0.252 e. The molecule has 0 N–H and O–H groups in total. The van der Waals surface area contributed by atoms with E-state index in [2.05, 4.69) is 58.6 Å². The molecule has 0 saturated carbocycles. The van der Waals surface area contributed by atoms with Crippen LogP contribution in [-0.2, 0) is 15.4 Å². The van der Waals surface area contributed by atoms with Crippen molar-refractivity contribution in [3.8, 4) is 38.3 Å². The molecule has 7 nitrogen and oxygen atoms in total. The lowest BCUT2D eigenvalue weighted by atomic mass is 9.77. The van der Waals surface area contributed by atoms with E-state index >= 15 is 0 Å². The highest BCUT2D eigenvalue weighted by Crippen LogP contribution is 2.45. The molecule has 0 atom stereocenters. The number of hydrogen-bond acceptors (Lipinski definition) is 8. The number of nitriles is 1. The van der Waals surface area contributed by atoms with Gasteiger partial charge in [0.15, 0.2) is 9.84 Å². The van der Waals surface area contributed by atoms with Crippen LogP contribution in [0.15, 0.2) is 150 Å². The molecule has 0 aliphatic carbocycles. The molecule has 4 aromatic carbocycles. The number of thiophene rings is 2. The molecule has 8 aromatic rings. The minimum Gasteiger partial charge on any atom is -0.252 e. The van der Waals surface area contributed by atoms with E-state index in [1.807, 2.05) is 89.6 Å². The standard InChI is InChI=1S/C40H27N5O2S3/c1-50(46,47)37-22-21-35(49-37)38-32-23-27(17-19-34(32)42-26-43-38)33-25-45(44-39(33)36-20-18-31(24-41)48-36)40(28-11-5-2-6-12-28,29-13-7-3-8-14-29)30-15-9-4-10-16-30/h2-23,25-26H,1H3. The van der Waals surface area contributed by atoms with Crippen LogP contribution in [0.1, 0.15) is 21.6 Å². The first kappa shape index (κ1) is 31.5. The van der Waals surface area contributed by atoms with Gasteiger partial charge in [0.2, 0.25) is 0 Å². The molecular weight excluding hydrogens is 679 g/mol. The van der Waals surface area contributed by atoms with Gasteiger partial charge in [-0.05, 0) is 58.7 Å². The molecule has 4 heterocycles. The van der Waals surface area contributed by atoms with E-state index in [0.29, 0.717) is 10.6 Å². The fourth-order valence-corrected chi connectivity index (χ4v) is 9.21. The SMILES string of the molecule is CS(=O)(=O)c1ccc(-c2ncnc3ccc(-c4cn(C(c5ccccc5)(c5ccccc5)c5ccccc5)nc4-c4ccc(C#N)s4)cc23)s1. The van der Waals surface area contributed by atoms with Crippen molar-refractivity contribution in [2.45, 2.75) is 9.75 Å². The number of hydrogen-bond donors (Lipinski definition) is 0. The van der Waals surface area contributed by atoms with Gasteiger partial charge >= 0.3 is 0 Å². The van der Waals surface area contributed by atoms with E-state index in [1.54, 1.807) is 12.1 Å².